The standard InChI is InChI=1S/C11H16O4/c1-6(7(2)10(13)14)9-11(3,4)5-8(12)15-9/h9H,5H2,1-4H3,(H,13,14). The van der Waals surface area contributed by atoms with Crippen LogP contribution in [-0.4, -0.2) is 23.1 Å². The Balaban J connectivity index is 3.04. The minimum absolute atomic E-state index is 0.253. The topological polar surface area (TPSA) is 63.6 Å². The first-order valence-electron chi connectivity index (χ1n) is 4.86. The fraction of sp³-hybridized carbons (Fsp3) is 0.636. The molecule has 0 aromatic rings. The van der Waals surface area contributed by atoms with Crippen LogP contribution in [0.4, 0.5) is 0 Å². The number of carboxylic acids is 1. The molecule has 0 aromatic carbocycles. The van der Waals surface area contributed by atoms with Crippen molar-refractivity contribution in [3.63, 3.8) is 0 Å². The number of aliphatic carboxylic acids is 1. The van der Waals surface area contributed by atoms with Crippen LogP contribution in [0.3, 0.4) is 0 Å². The van der Waals surface area contributed by atoms with Crippen molar-refractivity contribution in [1.29, 1.82) is 0 Å². The maximum atomic E-state index is 11.2. The zero-order valence-electron chi connectivity index (χ0n) is 9.46. The molecule has 0 bridgehead atoms. The molecule has 15 heavy (non-hydrogen) atoms. The predicted molar refractivity (Wildman–Crippen MR) is 54.3 cm³/mol. The average molecular weight is 212 g/mol. The van der Waals surface area contributed by atoms with Gasteiger partial charge in [0.1, 0.15) is 6.10 Å². The summed E-state index contributed by atoms with van der Waals surface area (Å²) in [5.41, 5.74) is 0.554. The van der Waals surface area contributed by atoms with Gasteiger partial charge in [-0.1, -0.05) is 13.8 Å². The Labute approximate surface area is 88.9 Å². The summed E-state index contributed by atoms with van der Waals surface area (Å²) in [5.74, 6) is -1.23. The molecule has 0 spiro atoms. The number of ether oxygens (including phenoxy) is 1. The highest BCUT2D eigenvalue weighted by Crippen LogP contribution is 2.39. The zero-order valence-corrected chi connectivity index (χ0v) is 9.46. The quantitative estimate of drug-likeness (QED) is 0.559. The fourth-order valence-electron chi connectivity index (χ4n) is 1.84. The number of cyclic esters (lactones) is 1. The Kier molecular flexibility index (Phi) is 2.88. The molecule has 1 heterocycles. The van der Waals surface area contributed by atoms with Gasteiger partial charge in [0, 0.05) is 11.0 Å². The normalized spacial score (nSPS) is 25.9. The zero-order chi connectivity index (χ0) is 11.8. The minimum Gasteiger partial charge on any atom is -0.478 e. The lowest BCUT2D eigenvalue weighted by molar-refractivity contribution is -0.141. The van der Waals surface area contributed by atoms with E-state index in [4.69, 9.17) is 9.84 Å². The number of rotatable bonds is 2. The van der Waals surface area contributed by atoms with Crippen molar-refractivity contribution < 1.29 is 19.4 Å². The lowest BCUT2D eigenvalue weighted by Gasteiger charge is -2.25. The predicted octanol–water partition coefficient (Wildman–Crippen LogP) is 1.75. The summed E-state index contributed by atoms with van der Waals surface area (Å²) >= 11 is 0. The van der Waals surface area contributed by atoms with E-state index in [0.29, 0.717) is 12.0 Å². The third-order valence-electron chi connectivity index (χ3n) is 2.86. The van der Waals surface area contributed by atoms with Gasteiger partial charge in [0.25, 0.3) is 0 Å². The third-order valence-corrected chi connectivity index (χ3v) is 2.86. The van der Waals surface area contributed by atoms with Gasteiger partial charge in [0.2, 0.25) is 0 Å². The first-order chi connectivity index (χ1) is 6.75. The molecule has 0 saturated carbocycles. The van der Waals surface area contributed by atoms with Crippen LogP contribution in [0.25, 0.3) is 0 Å². The number of hydrogen-bond acceptors (Lipinski definition) is 3. The molecule has 1 aliphatic rings. The first kappa shape index (κ1) is 11.8. The SMILES string of the molecule is CC(C(=O)O)=C(C)C1OC(=O)CC1(C)C. The Morgan fingerprint density at radius 1 is 1.47 bits per heavy atom. The van der Waals surface area contributed by atoms with Crippen LogP contribution in [0.5, 0.6) is 0 Å². The first-order valence-corrected chi connectivity index (χ1v) is 4.86. The van der Waals surface area contributed by atoms with Gasteiger partial charge >= 0.3 is 11.9 Å². The Hall–Kier alpha value is -1.32. The smallest absolute Gasteiger partial charge is 0.331 e. The molecule has 1 fully saturated rings. The molecule has 0 radical (unpaired) electrons. The molecule has 4 nitrogen and oxygen atoms in total. The lowest BCUT2D eigenvalue weighted by atomic mass is 9.81. The van der Waals surface area contributed by atoms with E-state index in [9.17, 15) is 9.59 Å². The fourth-order valence-corrected chi connectivity index (χ4v) is 1.84. The molecule has 1 N–H and O–H groups in total. The Bertz CT molecular complexity index is 338. The van der Waals surface area contributed by atoms with Gasteiger partial charge in [-0.2, -0.15) is 0 Å². The Morgan fingerprint density at radius 3 is 2.33 bits per heavy atom. The van der Waals surface area contributed by atoms with Crippen molar-refractivity contribution in [1.82, 2.24) is 0 Å². The summed E-state index contributed by atoms with van der Waals surface area (Å²) in [4.78, 5) is 22.0. The van der Waals surface area contributed by atoms with E-state index in [-0.39, 0.29) is 17.0 Å². The van der Waals surface area contributed by atoms with Gasteiger partial charge in [-0.25, -0.2) is 4.79 Å². The molecule has 1 atom stereocenters. The van der Waals surface area contributed by atoms with E-state index >= 15 is 0 Å². The second kappa shape index (κ2) is 3.68. The van der Waals surface area contributed by atoms with Gasteiger partial charge < -0.3 is 9.84 Å². The summed E-state index contributed by atoms with van der Waals surface area (Å²) < 4.78 is 5.15. The summed E-state index contributed by atoms with van der Waals surface area (Å²) in [7, 11) is 0. The van der Waals surface area contributed by atoms with E-state index in [1.165, 1.54) is 6.92 Å². The molecular weight excluding hydrogens is 196 g/mol. The molecule has 1 rings (SSSR count). The van der Waals surface area contributed by atoms with Crippen molar-refractivity contribution in [3.8, 4) is 0 Å². The maximum absolute atomic E-state index is 11.2. The molecular formula is C11H16O4. The van der Waals surface area contributed by atoms with Crippen LogP contribution in [0.1, 0.15) is 34.1 Å². The monoisotopic (exact) mass is 212 g/mol. The van der Waals surface area contributed by atoms with Gasteiger partial charge in [-0.05, 0) is 19.4 Å². The lowest BCUT2D eigenvalue weighted by Crippen LogP contribution is -2.27. The number of esters is 1. The second-order valence-corrected chi connectivity index (χ2v) is 4.65. The summed E-state index contributed by atoms with van der Waals surface area (Å²) in [6.07, 6.45) is -0.0804. The van der Waals surface area contributed by atoms with Crippen molar-refractivity contribution >= 4 is 11.9 Å². The van der Waals surface area contributed by atoms with Crippen LogP contribution in [0.15, 0.2) is 11.1 Å². The van der Waals surface area contributed by atoms with Crippen LogP contribution < -0.4 is 0 Å². The summed E-state index contributed by atoms with van der Waals surface area (Å²) in [6, 6.07) is 0. The van der Waals surface area contributed by atoms with Gasteiger partial charge in [0.15, 0.2) is 0 Å². The largest absolute Gasteiger partial charge is 0.478 e. The molecule has 84 valence electrons. The molecule has 1 aliphatic heterocycles. The van der Waals surface area contributed by atoms with E-state index < -0.39 is 12.1 Å². The minimum atomic E-state index is -0.966. The van der Waals surface area contributed by atoms with E-state index in [1.54, 1.807) is 6.92 Å². The van der Waals surface area contributed by atoms with Crippen molar-refractivity contribution in [3.05, 3.63) is 11.1 Å². The molecule has 0 aromatic heterocycles. The molecule has 0 amide bonds. The van der Waals surface area contributed by atoms with E-state index in [1.807, 2.05) is 13.8 Å². The summed E-state index contributed by atoms with van der Waals surface area (Å²) in [5, 5.41) is 8.85. The highest BCUT2D eigenvalue weighted by atomic mass is 16.6. The van der Waals surface area contributed by atoms with Crippen molar-refractivity contribution in [2.75, 3.05) is 0 Å². The van der Waals surface area contributed by atoms with Gasteiger partial charge in [-0.15, -0.1) is 0 Å². The molecule has 4 heteroatoms. The maximum Gasteiger partial charge on any atom is 0.331 e. The highest BCUT2D eigenvalue weighted by molar-refractivity contribution is 5.87. The number of carboxylic acid groups (broad SMARTS) is 1. The average Bonchev–Trinajstić information content (AvgIpc) is 2.36. The van der Waals surface area contributed by atoms with Crippen LogP contribution in [-0.2, 0) is 14.3 Å². The molecule has 0 aliphatic carbocycles. The van der Waals surface area contributed by atoms with Crippen molar-refractivity contribution in [2.45, 2.75) is 40.2 Å². The van der Waals surface area contributed by atoms with Gasteiger partial charge in [0.05, 0.1) is 6.42 Å². The van der Waals surface area contributed by atoms with Crippen LogP contribution >= 0.6 is 0 Å². The van der Waals surface area contributed by atoms with Gasteiger partial charge in [-0.3, -0.25) is 4.79 Å². The van der Waals surface area contributed by atoms with Crippen molar-refractivity contribution in [2.24, 2.45) is 5.41 Å². The molecule has 1 saturated heterocycles. The highest BCUT2D eigenvalue weighted by Gasteiger charge is 2.43. The second-order valence-electron chi connectivity index (χ2n) is 4.65. The number of carbonyl (C=O) groups is 2. The van der Waals surface area contributed by atoms with Crippen LogP contribution in [0, 0.1) is 5.41 Å². The third kappa shape index (κ3) is 2.19. The Morgan fingerprint density at radius 2 is 2.00 bits per heavy atom. The summed E-state index contributed by atoms with van der Waals surface area (Å²) in [6.45, 7) is 7.04. The molecule has 1 unspecified atom stereocenters. The number of hydrogen-bond donors (Lipinski definition) is 1. The number of carbonyl (C=O) groups excluding carboxylic acids is 1. The van der Waals surface area contributed by atoms with E-state index in [2.05, 4.69) is 0 Å². The van der Waals surface area contributed by atoms with Crippen LogP contribution in [0.2, 0.25) is 0 Å². The van der Waals surface area contributed by atoms with E-state index in [0.717, 1.165) is 0 Å².